The van der Waals surface area contributed by atoms with Gasteiger partial charge in [-0.05, 0) is 93.5 Å². The number of H-pyrrole nitrogens is 4. The largest absolute Gasteiger partial charge is 0.370 e. The lowest BCUT2D eigenvalue weighted by atomic mass is 10.0. The Balaban J connectivity index is 0.936. The van der Waals surface area contributed by atoms with Crippen LogP contribution in [0.1, 0.15) is 62.2 Å². The molecule has 0 spiro atoms. The number of guanidine groups is 2. The van der Waals surface area contributed by atoms with Gasteiger partial charge < -0.3 is 90.2 Å². The molecule has 0 aliphatic rings. The summed E-state index contributed by atoms with van der Waals surface area (Å²) in [5, 5.41) is 41.2. The summed E-state index contributed by atoms with van der Waals surface area (Å²) >= 11 is 0. The third kappa shape index (κ3) is 22.1. The number of fused-ring (bicyclic) bond motifs is 5. The Labute approximate surface area is 676 Å². The smallest absolute Gasteiger partial charge is 0.328 e. The minimum Gasteiger partial charge on any atom is -0.370 e. The Hall–Kier alpha value is -15.5. The topological polar surface area (TPSA) is 652 Å². The molecule has 5 aromatic heterocycles. The molecule has 0 saturated heterocycles. The van der Waals surface area contributed by atoms with E-state index >= 15 is 14.4 Å². The van der Waals surface area contributed by atoms with Crippen molar-refractivity contribution in [3.63, 3.8) is 0 Å². The number of nitrogens with two attached hydrogens (primary N) is 3. The lowest BCUT2D eigenvalue weighted by molar-refractivity contribution is -0.140. The Bertz CT molecular complexity index is 6130. The second kappa shape index (κ2) is 39.7. The first-order chi connectivity index (χ1) is 57.3. The van der Waals surface area contributed by atoms with Crippen LogP contribution in [0.4, 0.5) is 0 Å². The monoisotopic (exact) mass is 1650 g/mol. The van der Waals surface area contributed by atoms with Crippen LogP contribution >= 0.6 is 0 Å². The molecule has 22 N–H and O–H groups in total. The van der Waals surface area contributed by atoms with Gasteiger partial charge in [0.15, 0.2) is 11.9 Å². The van der Waals surface area contributed by atoms with Crippen molar-refractivity contribution >= 4 is 126 Å². The number of primary amides is 1. The first kappa shape index (κ1) is 86.9. The van der Waals surface area contributed by atoms with Gasteiger partial charge in [-0.25, -0.2) is 24.2 Å². The fraction of sp³-hybridized carbons (Fsp3) is 0.312. The van der Waals surface area contributed by atoms with Gasteiger partial charge >= 0.3 is 22.8 Å². The zero-order valence-corrected chi connectivity index (χ0v) is 64.6. The number of hydrogen-bond donors (Lipinski definition) is 19. The molecule has 10 rings (SSSR count). The number of unbranched alkanes of at least 4 members (excludes halogenated alkanes) is 1. The third-order valence-corrected chi connectivity index (χ3v) is 19.3. The molecular weight excluding hydrogens is 1560 g/mol. The minimum absolute atomic E-state index is 0.00270. The molecule has 0 aliphatic carbocycles. The molecule has 0 saturated carbocycles. The standard InChI is InChI=1S/C77H87N25O18/c1-40(103)86-52(27-13-14-31-83-67(112)60-41-17-3-8-22-46(41)87-47-23-9-4-18-42(47)60)62(107)90-53(29-16-33-85-73(81)82)63(108)93-57(35-99-34-30-58(104)97-74(99)117)71(116)98(2)39-59(105)88-54(36-100-68(113)43-19-5-10-24-48(43)94-75(100)118)64(109)91-56(38-102-70(115)45-21-7-12-26-50(45)96-77(102)120)66(111)92-55(65(110)89-51(61(78)106)28-15-32-84-72(79)80)37-101-69(114)44-20-6-11-25-49(44)95-76(101)119/h3-12,17-26,30,34,51-57H,13-16,27-29,31-33,35-39H2,1-2H3,(H2,78,106)(H,83,112)(H,86,103)(H,88,105)(H,89,110)(H,90,107)(H,91,109)(H,92,111)(H,93,108)(H,94,118)(H,95,119)(H,96,120)(H4,79,80,84)(H4,81,82,85)(H,97,104,117)/t51-,52+,53+,54+,55-,56-,57-/m1/s1. The number of aromatic nitrogens is 9. The lowest BCUT2D eigenvalue weighted by Crippen LogP contribution is -2.62. The number of rotatable bonds is 38. The van der Waals surface area contributed by atoms with Gasteiger partial charge in [-0.3, -0.25) is 101 Å². The summed E-state index contributed by atoms with van der Waals surface area (Å²) in [5.41, 5.74) is 9.81. The average Bonchev–Trinajstić information content (AvgIpc) is 0.777. The fourth-order valence-corrected chi connectivity index (χ4v) is 13.3. The molecule has 43 heteroatoms. The van der Waals surface area contributed by atoms with Crippen LogP contribution in [0, 0.1) is 10.8 Å². The SMILES string of the molecule is CC(=O)N[C@@H](CCCCNC(=O)c1c2ccccc2nc2ccccc12)C(=O)N[C@@H](CCCNC(=N)N)C(=O)N[C@H](Cn1ccc(=O)[nH]c1=O)C(=O)N(C)CC(=O)N[C@@H](Cn1c(=O)[nH]c2ccccc2c1=O)C(=O)N[C@H](Cn1c(=O)[nH]c2ccccc2c1=O)C(=O)N[C@H](Cn1c(=O)[nH]c2ccccc2c1=O)C(=O)N[C@H](CCCNC(=N)N)C(N)=O. The van der Waals surface area contributed by atoms with Crippen LogP contribution < -0.4 is 115 Å². The van der Waals surface area contributed by atoms with E-state index in [2.05, 4.69) is 73.1 Å². The number of carbonyl (C=O) groups excluding carboxylic acids is 10. The van der Waals surface area contributed by atoms with Crippen molar-refractivity contribution in [2.45, 2.75) is 120 Å². The zero-order valence-electron chi connectivity index (χ0n) is 64.6. The first-order valence-electron chi connectivity index (χ1n) is 37.6. The van der Waals surface area contributed by atoms with E-state index in [1.807, 2.05) is 4.98 Å². The summed E-state index contributed by atoms with van der Waals surface area (Å²) in [7, 11) is 1.02. The van der Waals surface area contributed by atoms with Crippen LogP contribution in [0.2, 0.25) is 0 Å². The number of para-hydroxylation sites is 5. The van der Waals surface area contributed by atoms with Gasteiger partial charge in [0.1, 0.15) is 42.3 Å². The number of carbonyl (C=O) groups is 10. The highest BCUT2D eigenvalue weighted by Gasteiger charge is 2.37. The Morgan fingerprint density at radius 2 is 0.792 bits per heavy atom. The maximum Gasteiger partial charge on any atom is 0.328 e. The molecule has 120 heavy (non-hydrogen) atoms. The predicted octanol–water partition coefficient (Wildman–Crippen LogP) is -5.17. The van der Waals surface area contributed by atoms with E-state index in [0.717, 1.165) is 30.8 Å². The number of hydrogen-bond acceptors (Lipinski definition) is 21. The quantitative estimate of drug-likeness (QED) is 0.00744. The van der Waals surface area contributed by atoms with Crippen molar-refractivity contribution in [3.8, 4) is 0 Å². The molecule has 5 heterocycles. The van der Waals surface area contributed by atoms with Crippen molar-refractivity contribution in [1.29, 1.82) is 10.8 Å². The van der Waals surface area contributed by atoms with E-state index in [-0.39, 0.29) is 103 Å². The Morgan fingerprint density at radius 1 is 0.417 bits per heavy atom. The van der Waals surface area contributed by atoms with Gasteiger partial charge in [-0.1, -0.05) is 72.8 Å². The molecule has 0 bridgehead atoms. The molecule has 0 unspecified atom stereocenters. The zero-order chi connectivity index (χ0) is 86.6. The Morgan fingerprint density at radius 3 is 1.23 bits per heavy atom. The van der Waals surface area contributed by atoms with E-state index in [0.29, 0.717) is 46.0 Å². The van der Waals surface area contributed by atoms with Crippen LogP contribution in [0.5, 0.6) is 0 Å². The number of amides is 10. The second-order valence-corrected chi connectivity index (χ2v) is 28.0. The highest BCUT2D eigenvalue weighted by molar-refractivity contribution is 6.16. The van der Waals surface area contributed by atoms with E-state index in [4.69, 9.17) is 28.0 Å². The van der Waals surface area contributed by atoms with E-state index in [1.54, 1.807) is 48.5 Å². The third-order valence-electron chi connectivity index (χ3n) is 19.3. The average molecular weight is 1650 g/mol. The number of pyridine rings is 1. The number of benzene rings is 5. The normalized spacial score (nSPS) is 12.9. The number of likely N-dealkylation sites (N-methyl/N-ethyl adjacent to an activating group) is 1. The molecule has 43 nitrogen and oxygen atoms in total. The van der Waals surface area contributed by atoms with Gasteiger partial charge in [-0.2, -0.15) is 0 Å². The van der Waals surface area contributed by atoms with E-state index in [1.165, 1.54) is 72.8 Å². The maximum absolute atomic E-state index is 15.4. The predicted molar refractivity (Wildman–Crippen MR) is 438 cm³/mol. The minimum atomic E-state index is -2.32. The molecule has 628 valence electrons. The van der Waals surface area contributed by atoms with Gasteiger partial charge in [0, 0.05) is 56.6 Å². The van der Waals surface area contributed by atoms with Crippen LogP contribution in [0.3, 0.4) is 0 Å². The number of nitrogens with zero attached hydrogens (tertiary/aromatic N) is 6. The van der Waals surface area contributed by atoms with Gasteiger partial charge in [0.25, 0.3) is 28.1 Å². The van der Waals surface area contributed by atoms with Gasteiger partial charge in [0.2, 0.25) is 53.2 Å². The molecule has 0 aliphatic heterocycles. The van der Waals surface area contributed by atoms with Crippen molar-refractivity contribution < 1.29 is 47.9 Å². The fourth-order valence-electron chi connectivity index (χ4n) is 13.3. The highest BCUT2D eigenvalue weighted by atomic mass is 16.2. The van der Waals surface area contributed by atoms with Gasteiger partial charge in [0.05, 0.1) is 82.0 Å². The highest BCUT2D eigenvalue weighted by Crippen LogP contribution is 2.26. The summed E-state index contributed by atoms with van der Waals surface area (Å²) in [5.74, 6) is -11.9. The summed E-state index contributed by atoms with van der Waals surface area (Å²) in [6.45, 7) is -4.08. The van der Waals surface area contributed by atoms with Crippen molar-refractivity contribution in [2.24, 2.45) is 17.2 Å². The lowest BCUT2D eigenvalue weighted by Gasteiger charge is -2.28. The molecular formula is C77H87N25O18. The molecule has 7 atom stereocenters. The number of aromatic amines is 4. The van der Waals surface area contributed by atoms with E-state index in [9.17, 15) is 71.9 Å². The van der Waals surface area contributed by atoms with Crippen LogP contribution in [-0.2, 0) is 69.3 Å². The van der Waals surface area contributed by atoms with E-state index < -0.39 is 185 Å². The summed E-state index contributed by atoms with van der Waals surface area (Å²) in [6, 6.07) is 19.0. The van der Waals surface area contributed by atoms with Gasteiger partial charge in [-0.15, -0.1) is 0 Å². The van der Waals surface area contributed by atoms with Crippen molar-refractivity contribution in [1.82, 2.24) is 101 Å². The van der Waals surface area contributed by atoms with Crippen LogP contribution in [0.15, 0.2) is 172 Å². The molecule has 0 radical (unpaired) electrons. The summed E-state index contributed by atoms with van der Waals surface area (Å²) in [6.07, 6.45) is 0.988. The Kier molecular flexibility index (Phi) is 28.8. The van der Waals surface area contributed by atoms with Crippen LogP contribution in [0.25, 0.3) is 54.5 Å². The first-order valence-corrected chi connectivity index (χ1v) is 37.6. The maximum atomic E-state index is 15.4. The van der Waals surface area contributed by atoms with Crippen LogP contribution in [-0.4, -0.2) is 195 Å². The molecule has 10 aromatic rings. The summed E-state index contributed by atoms with van der Waals surface area (Å²) in [4.78, 5) is 269. The second-order valence-electron chi connectivity index (χ2n) is 28.0. The van der Waals surface area contributed by atoms with Crippen molar-refractivity contribution in [3.05, 3.63) is 223 Å². The van der Waals surface area contributed by atoms with Crippen molar-refractivity contribution in [2.75, 3.05) is 33.2 Å². The molecule has 10 amide bonds. The summed E-state index contributed by atoms with van der Waals surface area (Å²) < 4.78 is 2.27. The molecule has 5 aromatic carbocycles. The molecule has 0 fully saturated rings. The number of nitrogens with one attached hydrogen (secondary N) is 16.